The second kappa shape index (κ2) is 9.17. The summed E-state index contributed by atoms with van der Waals surface area (Å²) in [6.07, 6.45) is 0.0546. The van der Waals surface area contributed by atoms with Gasteiger partial charge in [-0.2, -0.15) is 13.2 Å². The van der Waals surface area contributed by atoms with Crippen LogP contribution < -0.4 is 10.2 Å². The first-order valence-corrected chi connectivity index (χ1v) is 9.98. The fraction of sp³-hybridized carbons (Fsp3) is 0.238. The molecular weight excluding hydrogens is 401 g/mol. The monoisotopic (exact) mass is 420 g/mol. The van der Waals surface area contributed by atoms with Crippen molar-refractivity contribution in [3.05, 3.63) is 60.2 Å². The van der Waals surface area contributed by atoms with E-state index in [4.69, 9.17) is 0 Å². The summed E-state index contributed by atoms with van der Waals surface area (Å²) in [5, 5.41) is 2.61. The van der Waals surface area contributed by atoms with Gasteiger partial charge >= 0.3 is 6.18 Å². The summed E-state index contributed by atoms with van der Waals surface area (Å²) in [6, 6.07) is 13.6. The summed E-state index contributed by atoms with van der Waals surface area (Å²) in [4.78, 5) is 26.0. The molecule has 0 atom stereocenters. The molecule has 152 valence electrons. The van der Waals surface area contributed by atoms with Gasteiger partial charge in [0.05, 0.1) is 11.4 Å². The van der Waals surface area contributed by atoms with Gasteiger partial charge in [-0.3, -0.25) is 9.59 Å². The quantitative estimate of drug-likeness (QED) is 0.521. The number of hydrogen-bond donors (Lipinski definition) is 1. The van der Waals surface area contributed by atoms with Crippen molar-refractivity contribution in [3.63, 3.8) is 0 Å². The lowest BCUT2D eigenvalue weighted by Gasteiger charge is -2.15. The molecule has 0 spiro atoms. The summed E-state index contributed by atoms with van der Waals surface area (Å²) < 4.78 is 37.4. The van der Waals surface area contributed by atoms with E-state index in [9.17, 15) is 22.8 Å². The molecule has 2 amide bonds. The molecule has 1 aliphatic heterocycles. The molecule has 2 aromatic rings. The molecule has 3 rings (SSSR count). The van der Waals surface area contributed by atoms with Crippen LogP contribution in [0.5, 0.6) is 0 Å². The zero-order valence-electron chi connectivity index (χ0n) is 15.4. The SMILES string of the molecule is O=C(/C=C/c1ccc(N2CCCC2=O)cc1)Nc1ccccc1SCC(F)(F)F. The Bertz CT molecular complexity index is 911. The van der Waals surface area contributed by atoms with Crippen molar-refractivity contribution in [2.75, 3.05) is 22.5 Å². The molecule has 0 radical (unpaired) electrons. The van der Waals surface area contributed by atoms with E-state index in [1.165, 1.54) is 12.1 Å². The molecule has 4 nitrogen and oxygen atoms in total. The standard InChI is InChI=1S/C21H19F3N2O2S/c22-21(23,24)14-29-18-5-2-1-4-17(18)25-19(27)12-9-15-7-10-16(11-8-15)26-13-3-6-20(26)28/h1-2,4-5,7-12H,3,6,13-14H2,(H,25,27)/b12-9+. The van der Waals surface area contributed by atoms with Gasteiger partial charge in [0.15, 0.2) is 0 Å². The van der Waals surface area contributed by atoms with Crippen LogP contribution in [0.2, 0.25) is 0 Å². The summed E-state index contributed by atoms with van der Waals surface area (Å²) in [7, 11) is 0. The van der Waals surface area contributed by atoms with E-state index in [2.05, 4.69) is 5.32 Å². The highest BCUT2D eigenvalue weighted by molar-refractivity contribution is 7.99. The van der Waals surface area contributed by atoms with E-state index in [1.54, 1.807) is 41.3 Å². The Balaban J connectivity index is 1.61. The number of rotatable bonds is 6. The van der Waals surface area contributed by atoms with E-state index < -0.39 is 17.8 Å². The highest BCUT2D eigenvalue weighted by Gasteiger charge is 2.27. The van der Waals surface area contributed by atoms with E-state index >= 15 is 0 Å². The number of alkyl halides is 3. The Morgan fingerprint density at radius 2 is 1.86 bits per heavy atom. The number of nitrogens with one attached hydrogen (secondary N) is 1. The van der Waals surface area contributed by atoms with Crippen LogP contribution in [-0.4, -0.2) is 30.3 Å². The second-order valence-corrected chi connectivity index (χ2v) is 7.48. The summed E-state index contributed by atoms with van der Waals surface area (Å²) in [5.74, 6) is -1.36. The van der Waals surface area contributed by atoms with Gasteiger partial charge in [0, 0.05) is 29.6 Å². The fourth-order valence-corrected chi connectivity index (χ4v) is 3.66. The molecule has 0 aromatic heterocycles. The predicted octanol–water partition coefficient (Wildman–Crippen LogP) is 5.12. The minimum absolute atomic E-state index is 0.106. The third kappa shape index (κ3) is 6.12. The lowest BCUT2D eigenvalue weighted by Crippen LogP contribution is -2.23. The van der Waals surface area contributed by atoms with E-state index in [1.807, 2.05) is 12.1 Å². The zero-order valence-corrected chi connectivity index (χ0v) is 16.2. The van der Waals surface area contributed by atoms with Crippen LogP contribution in [0.25, 0.3) is 6.08 Å². The summed E-state index contributed by atoms with van der Waals surface area (Å²) >= 11 is 0.628. The Morgan fingerprint density at radius 3 is 2.52 bits per heavy atom. The number of anilines is 2. The van der Waals surface area contributed by atoms with Gasteiger partial charge < -0.3 is 10.2 Å². The molecule has 1 aliphatic rings. The molecule has 1 fully saturated rings. The first kappa shape index (κ1) is 21.0. The van der Waals surface area contributed by atoms with Crippen molar-refractivity contribution in [3.8, 4) is 0 Å². The van der Waals surface area contributed by atoms with Crippen LogP contribution in [0.1, 0.15) is 18.4 Å². The first-order chi connectivity index (χ1) is 13.8. The number of carbonyl (C=O) groups excluding carboxylic acids is 2. The van der Waals surface area contributed by atoms with Crippen LogP contribution in [0, 0.1) is 0 Å². The molecule has 29 heavy (non-hydrogen) atoms. The lowest BCUT2D eigenvalue weighted by atomic mass is 10.2. The average Bonchev–Trinajstić information content (AvgIpc) is 3.11. The topological polar surface area (TPSA) is 49.4 Å². The van der Waals surface area contributed by atoms with E-state index in [0.717, 1.165) is 17.7 Å². The fourth-order valence-electron chi connectivity index (χ4n) is 2.89. The highest BCUT2D eigenvalue weighted by Crippen LogP contribution is 2.32. The third-order valence-electron chi connectivity index (χ3n) is 4.24. The largest absolute Gasteiger partial charge is 0.398 e. The number of carbonyl (C=O) groups is 2. The van der Waals surface area contributed by atoms with E-state index in [0.29, 0.717) is 35.3 Å². The predicted molar refractivity (Wildman–Crippen MR) is 109 cm³/mol. The number of halogens is 3. The van der Waals surface area contributed by atoms with Gasteiger partial charge in [0.1, 0.15) is 0 Å². The Kier molecular flexibility index (Phi) is 6.64. The molecule has 1 heterocycles. The third-order valence-corrected chi connectivity index (χ3v) is 5.38. The van der Waals surface area contributed by atoms with Gasteiger partial charge in [-0.15, -0.1) is 11.8 Å². The molecule has 8 heteroatoms. The Morgan fingerprint density at radius 1 is 1.14 bits per heavy atom. The molecule has 2 aromatic carbocycles. The maximum Gasteiger partial charge on any atom is 0.398 e. The highest BCUT2D eigenvalue weighted by atomic mass is 32.2. The van der Waals surface area contributed by atoms with E-state index in [-0.39, 0.29) is 5.91 Å². The number of para-hydroxylation sites is 1. The van der Waals surface area contributed by atoms with Crippen molar-refractivity contribution in [1.29, 1.82) is 0 Å². The number of thioether (sulfide) groups is 1. The molecule has 1 saturated heterocycles. The number of benzene rings is 2. The lowest BCUT2D eigenvalue weighted by molar-refractivity contribution is -0.117. The van der Waals surface area contributed by atoms with Gasteiger partial charge in [0.25, 0.3) is 0 Å². The van der Waals surface area contributed by atoms with Gasteiger partial charge in [0.2, 0.25) is 11.8 Å². The minimum Gasteiger partial charge on any atom is -0.321 e. The van der Waals surface area contributed by atoms with Crippen molar-refractivity contribution >= 4 is 41.0 Å². The van der Waals surface area contributed by atoms with Gasteiger partial charge in [-0.1, -0.05) is 24.3 Å². The zero-order chi connectivity index (χ0) is 20.9. The van der Waals surface area contributed by atoms with Crippen molar-refractivity contribution in [2.45, 2.75) is 23.9 Å². The molecule has 0 aliphatic carbocycles. The molecule has 0 bridgehead atoms. The average molecular weight is 420 g/mol. The molecule has 0 saturated carbocycles. The maximum absolute atomic E-state index is 12.5. The van der Waals surface area contributed by atoms with Crippen LogP contribution in [0.3, 0.4) is 0 Å². The molecule has 1 N–H and O–H groups in total. The van der Waals surface area contributed by atoms with Gasteiger partial charge in [-0.05, 0) is 42.3 Å². The molecule has 0 unspecified atom stereocenters. The summed E-state index contributed by atoms with van der Waals surface area (Å²) in [6.45, 7) is 0.711. The Hall–Kier alpha value is -2.74. The number of nitrogens with zero attached hydrogens (tertiary/aromatic N) is 1. The van der Waals surface area contributed by atoms with Crippen LogP contribution >= 0.6 is 11.8 Å². The molecular formula is C21H19F3N2O2S. The van der Waals surface area contributed by atoms with Gasteiger partial charge in [-0.25, -0.2) is 0 Å². The Labute approximate surface area is 170 Å². The number of hydrogen-bond acceptors (Lipinski definition) is 3. The van der Waals surface area contributed by atoms with Crippen molar-refractivity contribution in [2.24, 2.45) is 0 Å². The normalized spacial score (nSPS) is 14.6. The number of amides is 2. The van der Waals surface area contributed by atoms with Crippen LogP contribution in [0.15, 0.2) is 59.5 Å². The van der Waals surface area contributed by atoms with Crippen LogP contribution in [0.4, 0.5) is 24.5 Å². The summed E-state index contributed by atoms with van der Waals surface area (Å²) in [5.41, 5.74) is 1.93. The van der Waals surface area contributed by atoms with Crippen molar-refractivity contribution in [1.82, 2.24) is 0 Å². The van der Waals surface area contributed by atoms with Crippen molar-refractivity contribution < 1.29 is 22.8 Å². The first-order valence-electron chi connectivity index (χ1n) is 9.00. The second-order valence-electron chi connectivity index (χ2n) is 6.46. The minimum atomic E-state index is -4.28. The van der Waals surface area contributed by atoms with Crippen LogP contribution in [-0.2, 0) is 9.59 Å². The smallest absolute Gasteiger partial charge is 0.321 e. The maximum atomic E-state index is 12.5.